The number of hydrogen-bond acceptors (Lipinski definition) is 2. The Balaban J connectivity index is 3.44. The van der Waals surface area contributed by atoms with Crippen LogP contribution in [0, 0.1) is 18.3 Å². The van der Waals surface area contributed by atoms with Crippen molar-refractivity contribution >= 4 is 17.6 Å². The zero-order chi connectivity index (χ0) is 10.0. The highest BCUT2D eigenvalue weighted by Crippen LogP contribution is 2.22. The van der Waals surface area contributed by atoms with E-state index in [1.165, 1.54) is 6.07 Å². The Morgan fingerprint density at radius 3 is 2.69 bits per heavy atom. The summed E-state index contributed by atoms with van der Waals surface area (Å²) in [6.07, 6.45) is 0. The zero-order valence-electron chi connectivity index (χ0n) is 6.84. The van der Waals surface area contributed by atoms with Crippen LogP contribution in [0.25, 0.3) is 0 Å². The lowest BCUT2D eigenvalue weighted by Gasteiger charge is -2.02. The Kier molecular flexibility index (Phi) is 2.54. The van der Waals surface area contributed by atoms with Gasteiger partial charge in [0.15, 0.2) is 0 Å². The first-order valence-corrected chi connectivity index (χ1v) is 3.87. The average Bonchev–Trinajstić information content (AvgIpc) is 2.09. The van der Waals surface area contributed by atoms with Crippen molar-refractivity contribution in [3.63, 3.8) is 0 Å². The van der Waals surface area contributed by atoms with E-state index in [-0.39, 0.29) is 10.6 Å². The van der Waals surface area contributed by atoms with Gasteiger partial charge in [0.25, 0.3) is 0 Å². The molecule has 0 aliphatic carbocycles. The summed E-state index contributed by atoms with van der Waals surface area (Å²) < 4.78 is 0. The van der Waals surface area contributed by atoms with Gasteiger partial charge in [-0.25, -0.2) is 4.79 Å². The van der Waals surface area contributed by atoms with Crippen LogP contribution in [-0.2, 0) is 0 Å². The Hall–Kier alpha value is -1.53. The van der Waals surface area contributed by atoms with Crippen LogP contribution in [0.5, 0.6) is 0 Å². The number of hydrogen-bond donors (Lipinski definition) is 1. The Labute approximate surface area is 80.2 Å². The molecule has 0 fully saturated rings. The standard InChI is InChI=1S/C9H6ClNO2/c1-5-2-6(4-11)3-7(8(5)10)9(12)13/h2-3H,1H3,(H,12,13). The molecule has 0 bridgehead atoms. The minimum absolute atomic E-state index is 0.0294. The third kappa shape index (κ3) is 1.79. The molecule has 1 aromatic rings. The number of aromatic carboxylic acids is 1. The van der Waals surface area contributed by atoms with Crippen LogP contribution in [0.1, 0.15) is 21.5 Å². The molecule has 0 spiro atoms. The van der Waals surface area contributed by atoms with Crippen molar-refractivity contribution in [1.82, 2.24) is 0 Å². The van der Waals surface area contributed by atoms with Gasteiger partial charge in [-0.05, 0) is 24.6 Å². The first kappa shape index (κ1) is 9.56. The van der Waals surface area contributed by atoms with Crippen molar-refractivity contribution in [2.75, 3.05) is 0 Å². The average molecular weight is 196 g/mol. The topological polar surface area (TPSA) is 61.1 Å². The lowest BCUT2D eigenvalue weighted by atomic mass is 10.1. The maximum Gasteiger partial charge on any atom is 0.337 e. The lowest BCUT2D eigenvalue weighted by molar-refractivity contribution is 0.0697. The van der Waals surface area contributed by atoms with Crippen molar-refractivity contribution in [1.29, 1.82) is 5.26 Å². The fourth-order valence-electron chi connectivity index (χ4n) is 0.990. The van der Waals surface area contributed by atoms with Crippen LogP contribution in [-0.4, -0.2) is 11.1 Å². The molecule has 13 heavy (non-hydrogen) atoms. The highest BCUT2D eigenvalue weighted by Gasteiger charge is 2.11. The first-order valence-electron chi connectivity index (χ1n) is 3.50. The fourth-order valence-corrected chi connectivity index (χ4v) is 1.18. The SMILES string of the molecule is Cc1cc(C#N)cc(C(=O)O)c1Cl. The molecule has 0 saturated carbocycles. The highest BCUT2D eigenvalue weighted by atomic mass is 35.5. The molecule has 0 saturated heterocycles. The Morgan fingerprint density at radius 2 is 2.23 bits per heavy atom. The third-order valence-electron chi connectivity index (χ3n) is 1.61. The van der Waals surface area contributed by atoms with Gasteiger partial charge in [-0.3, -0.25) is 0 Å². The van der Waals surface area contributed by atoms with E-state index in [1.54, 1.807) is 13.0 Å². The van der Waals surface area contributed by atoms with Gasteiger partial charge in [0.05, 0.1) is 22.2 Å². The predicted molar refractivity (Wildman–Crippen MR) is 47.9 cm³/mol. The molecule has 0 aromatic heterocycles. The minimum Gasteiger partial charge on any atom is -0.478 e. The molecule has 0 atom stereocenters. The van der Waals surface area contributed by atoms with Crippen molar-refractivity contribution < 1.29 is 9.90 Å². The molecule has 1 N–H and O–H groups in total. The van der Waals surface area contributed by atoms with Crippen LogP contribution in [0.15, 0.2) is 12.1 Å². The van der Waals surface area contributed by atoms with Gasteiger partial charge in [-0.15, -0.1) is 0 Å². The monoisotopic (exact) mass is 195 g/mol. The van der Waals surface area contributed by atoms with Crippen molar-refractivity contribution in [2.45, 2.75) is 6.92 Å². The molecule has 0 aliphatic heterocycles. The highest BCUT2D eigenvalue weighted by molar-refractivity contribution is 6.34. The van der Waals surface area contributed by atoms with Crippen molar-refractivity contribution in [3.8, 4) is 6.07 Å². The summed E-state index contributed by atoms with van der Waals surface area (Å²) in [4.78, 5) is 10.6. The molecule has 1 aromatic carbocycles. The summed E-state index contributed by atoms with van der Waals surface area (Å²) in [6.45, 7) is 1.66. The molecule has 0 amide bonds. The zero-order valence-corrected chi connectivity index (χ0v) is 7.59. The van der Waals surface area contributed by atoms with E-state index < -0.39 is 5.97 Å². The number of carbonyl (C=O) groups is 1. The first-order chi connectivity index (χ1) is 6.06. The van der Waals surface area contributed by atoms with E-state index in [4.69, 9.17) is 22.0 Å². The number of carboxylic acids is 1. The summed E-state index contributed by atoms with van der Waals surface area (Å²) >= 11 is 5.73. The number of aryl methyl sites for hydroxylation is 1. The molecule has 0 unspecified atom stereocenters. The number of halogens is 1. The number of nitriles is 1. The normalized spacial score (nSPS) is 9.31. The third-order valence-corrected chi connectivity index (χ3v) is 2.12. The van der Waals surface area contributed by atoms with Gasteiger partial charge in [0, 0.05) is 0 Å². The van der Waals surface area contributed by atoms with Crippen molar-refractivity contribution in [2.24, 2.45) is 0 Å². The van der Waals surface area contributed by atoms with Crippen molar-refractivity contribution in [3.05, 3.63) is 33.8 Å². The Bertz CT molecular complexity index is 407. The van der Waals surface area contributed by atoms with Gasteiger partial charge in [0.1, 0.15) is 0 Å². The smallest absolute Gasteiger partial charge is 0.337 e. The van der Waals surface area contributed by atoms with Crippen LogP contribution in [0.4, 0.5) is 0 Å². The van der Waals surface area contributed by atoms with E-state index in [1.807, 2.05) is 6.07 Å². The van der Waals surface area contributed by atoms with Crippen LogP contribution >= 0.6 is 11.6 Å². The van der Waals surface area contributed by atoms with E-state index in [2.05, 4.69) is 0 Å². The molecule has 0 radical (unpaired) electrons. The molecule has 1 rings (SSSR count). The molecule has 3 nitrogen and oxygen atoms in total. The molecule has 0 heterocycles. The largest absolute Gasteiger partial charge is 0.478 e. The van der Waals surface area contributed by atoms with Crippen LogP contribution in [0.2, 0.25) is 5.02 Å². The van der Waals surface area contributed by atoms with Gasteiger partial charge in [-0.2, -0.15) is 5.26 Å². The predicted octanol–water partition coefficient (Wildman–Crippen LogP) is 2.22. The summed E-state index contributed by atoms with van der Waals surface area (Å²) in [6, 6.07) is 4.68. The van der Waals surface area contributed by atoms with E-state index in [0.29, 0.717) is 11.1 Å². The van der Waals surface area contributed by atoms with E-state index >= 15 is 0 Å². The molecule has 66 valence electrons. The fraction of sp³-hybridized carbons (Fsp3) is 0.111. The number of nitrogens with zero attached hydrogens (tertiary/aromatic N) is 1. The maximum atomic E-state index is 10.6. The summed E-state index contributed by atoms with van der Waals surface area (Å²) in [7, 11) is 0. The number of benzene rings is 1. The van der Waals surface area contributed by atoms with Crippen LogP contribution in [0.3, 0.4) is 0 Å². The summed E-state index contributed by atoms with van der Waals surface area (Å²) in [5.74, 6) is -1.12. The molecule has 4 heteroatoms. The number of carboxylic acid groups (broad SMARTS) is 1. The maximum absolute atomic E-state index is 10.6. The van der Waals surface area contributed by atoms with Gasteiger partial charge < -0.3 is 5.11 Å². The van der Waals surface area contributed by atoms with Crippen LogP contribution < -0.4 is 0 Å². The van der Waals surface area contributed by atoms with Gasteiger partial charge in [0.2, 0.25) is 0 Å². The second-order valence-corrected chi connectivity index (χ2v) is 2.95. The summed E-state index contributed by atoms with van der Waals surface area (Å²) in [5.41, 5.74) is 0.871. The Morgan fingerprint density at radius 1 is 1.62 bits per heavy atom. The second-order valence-electron chi connectivity index (χ2n) is 2.57. The molecular weight excluding hydrogens is 190 g/mol. The van der Waals surface area contributed by atoms with E-state index in [9.17, 15) is 4.79 Å². The lowest BCUT2D eigenvalue weighted by Crippen LogP contribution is -1.99. The molecular formula is C9H6ClNO2. The van der Waals surface area contributed by atoms with Gasteiger partial charge >= 0.3 is 5.97 Å². The number of rotatable bonds is 1. The second kappa shape index (κ2) is 3.46. The van der Waals surface area contributed by atoms with E-state index in [0.717, 1.165) is 0 Å². The molecule has 0 aliphatic rings. The van der Waals surface area contributed by atoms with Gasteiger partial charge in [-0.1, -0.05) is 11.6 Å². The quantitative estimate of drug-likeness (QED) is 0.748. The summed E-state index contributed by atoms with van der Waals surface area (Å²) in [5, 5.41) is 17.5. The minimum atomic E-state index is -1.12.